The van der Waals surface area contributed by atoms with Crippen LogP contribution < -0.4 is 10.6 Å². The topological polar surface area (TPSA) is 72.1 Å². The molecule has 1 aliphatic carbocycles. The fourth-order valence-electron chi connectivity index (χ4n) is 2.46. The molecule has 1 aromatic rings. The summed E-state index contributed by atoms with van der Waals surface area (Å²) >= 11 is 5.84. The molecule has 0 unspecified atom stereocenters. The van der Waals surface area contributed by atoms with Gasteiger partial charge in [-0.2, -0.15) is 0 Å². The average Bonchev–Trinajstić information content (AvgIpc) is 2.82. The molecule has 1 saturated carbocycles. The number of aryl methyl sites for hydroxylation is 1. The number of halogens is 1. The summed E-state index contributed by atoms with van der Waals surface area (Å²) in [5.41, 5.74) is 6.24. The van der Waals surface area contributed by atoms with E-state index >= 15 is 0 Å². The van der Waals surface area contributed by atoms with Crippen molar-refractivity contribution in [1.29, 1.82) is 0 Å². The molecular formula is C12H17ClN4O. The highest BCUT2D eigenvalue weighted by atomic mass is 35.5. The zero-order chi connectivity index (χ0) is 13.1. The Bertz CT molecular complexity index is 446. The van der Waals surface area contributed by atoms with Crippen molar-refractivity contribution in [3.8, 4) is 0 Å². The molecule has 0 spiro atoms. The van der Waals surface area contributed by atoms with Gasteiger partial charge in [0.1, 0.15) is 5.82 Å². The lowest BCUT2D eigenvalue weighted by molar-refractivity contribution is -0.116. The number of hydrogen-bond acceptors (Lipinski definition) is 4. The van der Waals surface area contributed by atoms with E-state index < -0.39 is 0 Å². The van der Waals surface area contributed by atoms with Gasteiger partial charge in [-0.1, -0.05) is 12.8 Å². The van der Waals surface area contributed by atoms with Crippen molar-refractivity contribution < 1.29 is 4.79 Å². The molecular weight excluding hydrogens is 252 g/mol. The van der Waals surface area contributed by atoms with E-state index in [1.807, 2.05) is 11.8 Å². The highest BCUT2D eigenvalue weighted by molar-refractivity contribution is 6.28. The van der Waals surface area contributed by atoms with Crippen molar-refractivity contribution in [2.75, 3.05) is 11.4 Å². The minimum atomic E-state index is -0.351. The number of anilines is 1. The first-order chi connectivity index (χ1) is 8.58. The molecule has 1 aliphatic rings. The molecule has 6 heteroatoms. The van der Waals surface area contributed by atoms with Crippen LogP contribution in [0.3, 0.4) is 0 Å². The van der Waals surface area contributed by atoms with Crippen molar-refractivity contribution >= 4 is 23.3 Å². The molecule has 18 heavy (non-hydrogen) atoms. The van der Waals surface area contributed by atoms with Crippen LogP contribution in [0.4, 0.5) is 5.82 Å². The quantitative estimate of drug-likeness (QED) is 0.843. The highest BCUT2D eigenvalue weighted by Gasteiger charge is 2.26. The molecule has 2 N–H and O–H groups in total. The Morgan fingerprint density at radius 1 is 1.56 bits per heavy atom. The number of carbonyl (C=O) groups is 1. The predicted molar refractivity (Wildman–Crippen MR) is 70.6 cm³/mol. The van der Waals surface area contributed by atoms with Gasteiger partial charge in [-0.3, -0.25) is 4.79 Å². The number of amides is 1. The van der Waals surface area contributed by atoms with E-state index in [2.05, 4.69) is 9.97 Å². The van der Waals surface area contributed by atoms with E-state index in [9.17, 15) is 4.79 Å². The van der Waals surface area contributed by atoms with Crippen LogP contribution in [0.1, 0.15) is 31.2 Å². The Morgan fingerprint density at radius 2 is 2.22 bits per heavy atom. The minimum absolute atomic E-state index is 0.179. The predicted octanol–water partition coefficient (Wildman–Crippen LogP) is 1.67. The molecule has 0 atom stereocenters. The second kappa shape index (κ2) is 5.52. The van der Waals surface area contributed by atoms with E-state index in [1.165, 1.54) is 12.8 Å². The van der Waals surface area contributed by atoms with Crippen molar-refractivity contribution in [3.63, 3.8) is 0 Å². The van der Waals surface area contributed by atoms with E-state index in [-0.39, 0.29) is 17.7 Å². The van der Waals surface area contributed by atoms with E-state index in [0.717, 1.165) is 24.2 Å². The van der Waals surface area contributed by atoms with Crippen LogP contribution in [0.15, 0.2) is 6.20 Å². The van der Waals surface area contributed by atoms with Gasteiger partial charge in [0.25, 0.3) is 0 Å². The smallest absolute Gasteiger partial charge is 0.237 e. The SMILES string of the molecule is Cc1cnc(Cl)nc1N(CC(N)=O)C1CCCC1. The molecule has 0 saturated heterocycles. The Kier molecular flexibility index (Phi) is 4.01. The Balaban J connectivity index is 2.31. The normalized spacial score (nSPS) is 15.9. The summed E-state index contributed by atoms with van der Waals surface area (Å²) < 4.78 is 0. The van der Waals surface area contributed by atoms with E-state index in [4.69, 9.17) is 17.3 Å². The fourth-order valence-corrected chi connectivity index (χ4v) is 2.59. The monoisotopic (exact) mass is 268 g/mol. The number of carbonyl (C=O) groups excluding carboxylic acids is 1. The van der Waals surface area contributed by atoms with E-state index in [1.54, 1.807) is 6.20 Å². The maximum Gasteiger partial charge on any atom is 0.237 e. The minimum Gasteiger partial charge on any atom is -0.368 e. The first kappa shape index (κ1) is 13.1. The highest BCUT2D eigenvalue weighted by Crippen LogP contribution is 2.29. The molecule has 0 bridgehead atoms. The summed E-state index contributed by atoms with van der Waals surface area (Å²) in [6, 6.07) is 0.321. The van der Waals surface area contributed by atoms with Crippen molar-refractivity contribution in [2.45, 2.75) is 38.6 Å². The summed E-state index contributed by atoms with van der Waals surface area (Å²) in [7, 11) is 0. The maximum absolute atomic E-state index is 11.2. The third-order valence-electron chi connectivity index (χ3n) is 3.28. The Hall–Kier alpha value is -1.36. The largest absolute Gasteiger partial charge is 0.368 e. The zero-order valence-electron chi connectivity index (χ0n) is 10.4. The molecule has 98 valence electrons. The number of primary amides is 1. The van der Waals surface area contributed by atoms with Crippen molar-refractivity contribution in [2.24, 2.45) is 5.73 Å². The maximum atomic E-state index is 11.2. The summed E-state index contributed by atoms with van der Waals surface area (Å²) in [5.74, 6) is 0.372. The van der Waals surface area contributed by atoms with Gasteiger partial charge in [0.2, 0.25) is 11.2 Å². The Morgan fingerprint density at radius 3 is 2.83 bits per heavy atom. The van der Waals surface area contributed by atoms with Gasteiger partial charge in [-0.25, -0.2) is 9.97 Å². The molecule has 5 nitrogen and oxygen atoms in total. The van der Waals surface area contributed by atoms with Crippen LogP contribution in [0, 0.1) is 6.92 Å². The number of nitrogens with two attached hydrogens (primary N) is 1. The lowest BCUT2D eigenvalue weighted by Gasteiger charge is -2.29. The number of aromatic nitrogens is 2. The van der Waals surface area contributed by atoms with E-state index in [0.29, 0.717) is 6.04 Å². The lowest BCUT2D eigenvalue weighted by atomic mass is 10.2. The summed E-state index contributed by atoms with van der Waals surface area (Å²) in [6.07, 6.45) is 6.16. The lowest BCUT2D eigenvalue weighted by Crippen LogP contribution is -2.41. The molecule has 0 aromatic carbocycles. The van der Waals surface area contributed by atoms with Gasteiger partial charge < -0.3 is 10.6 Å². The standard InChI is InChI=1S/C12H17ClN4O/c1-8-6-15-12(13)16-11(8)17(7-10(14)18)9-4-2-3-5-9/h6,9H,2-5,7H2,1H3,(H2,14,18). The summed E-state index contributed by atoms with van der Waals surface area (Å²) in [5, 5.41) is 0.197. The molecule has 1 fully saturated rings. The summed E-state index contributed by atoms with van der Waals surface area (Å²) in [6.45, 7) is 2.09. The third-order valence-corrected chi connectivity index (χ3v) is 3.46. The number of hydrogen-bond donors (Lipinski definition) is 1. The van der Waals surface area contributed by atoms with Crippen LogP contribution >= 0.6 is 11.6 Å². The van der Waals surface area contributed by atoms with Crippen LogP contribution in [0.25, 0.3) is 0 Å². The van der Waals surface area contributed by atoms with Gasteiger partial charge >= 0.3 is 0 Å². The summed E-state index contributed by atoms with van der Waals surface area (Å²) in [4.78, 5) is 21.4. The Labute approximate surface area is 111 Å². The van der Waals surface area contributed by atoms with Gasteiger partial charge in [0.05, 0.1) is 6.54 Å². The van der Waals surface area contributed by atoms with Gasteiger partial charge in [0, 0.05) is 17.8 Å². The van der Waals surface area contributed by atoms with Crippen molar-refractivity contribution in [1.82, 2.24) is 9.97 Å². The zero-order valence-corrected chi connectivity index (χ0v) is 11.2. The fraction of sp³-hybridized carbons (Fsp3) is 0.583. The van der Waals surface area contributed by atoms with Crippen LogP contribution in [0.5, 0.6) is 0 Å². The second-order valence-corrected chi connectivity index (χ2v) is 5.02. The van der Waals surface area contributed by atoms with Crippen molar-refractivity contribution in [3.05, 3.63) is 17.0 Å². The molecule has 1 amide bonds. The number of rotatable bonds is 4. The van der Waals surface area contributed by atoms with Gasteiger partial charge in [-0.15, -0.1) is 0 Å². The molecule has 1 heterocycles. The van der Waals surface area contributed by atoms with Gasteiger partial charge in [0.15, 0.2) is 0 Å². The second-order valence-electron chi connectivity index (χ2n) is 4.68. The number of nitrogens with zero attached hydrogens (tertiary/aromatic N) is 3. The molecule has 2 rings (SSSR count). The molecule has 0 radical (unpaired) electrons. The third kappa shape index (κ3) is 2.90. The average molecular weight is 269 g/mol. The molecule has 0 aliphatic heterocycles. The van der Waals surface area contributed by atoms with Gasteiger partial charge in [-0.05, 0) is 31.4 Å². The first-order valence-electron chi connectivity index (χ1n) is 6.12. The molecule has 1 aromatic heterocycles. The van der Waals surface area contributed by atoms with Crippen LogP contribution in [0.2, 0.25) is 5.28 Å². The van der Waals surface area contributed by atoms with Crippen LogP contribution in [-0.2, 0) is 4.79 Å². The van der Waals surface area contributed by atoms with Crippen LogP contribution in [-0.4, -0.2) is 28.5 Å². The first-order valence-corrected chi connectivity index (χ1v) is 6.50.